The van der Waals surface area contributed by atoms with E-state index in [1.165, 1.54) is 13.2 Å². The van der Waals surface area contributed by atoms with Gasteiger partial charge in [0.05, 0.1) is 23.6 Å². The van der Waals surface area contributed by atoms with E-state index in [-0.39, 0.29) is 24.0 Å². The van der Waals surface area contributed by atoms with Crippen LogP contribution in [0.15, 0.2) is 48.5 Å². The van der Waals surface area contributed by atoms with Gasteiger partial charge in [-0.25, -0.2) is 18.3 Å². The van der Waals surface area contributed by atoms with Crippen LogP contribution in [-0.4, -0.2) is 53.3 Å². The molecule has 2 aromatic carbocycles. The van der Waals surface area contributed by atoms with Gasteiger partial charge >= 0.3 is 6.03 Å². The van der Waals surface area contributed by atoms with Gasteiger partial charge < -0.3 is 20.5 Å². The summed E-state index contributed by atoms with van der Waals surface area (Å²) in [6.07, 6.45) is 0.816. The van der Waals surface area contributed by atoms with Crippen LogP contribution in [0.5, 0.6) is 0 Å². The first kappa shape index (κ1) is 26.6. The lowest BCUT2D eigenvalue weighted by Crippen LogP contribution is -2.43. The maximum Gasteiger partial charge on any atom is 0.320 e. The third-order valence-corrected chi connectivity index (χ3v) is 7.73. The van der Waals surface area contributed by atoms with E-state index in [1.807, 2.05) is 30.3 Å². The topological polar surface area (TPSA) is 100 Å². The molecule has 2 fully saturated rings. The number of para-hydroxylation sites is 1. The van der Waals surface area contributed by atoms with Crippen molar-refractivity contribution in [3.8, 4) is 5.69 Å². The second kappa shape index (κ2) is 11.4. The zero-order valence-electron chi connectivity index (χ0n) is 20.8. The summed E-state index contributed by atoms with van der Waals surface area (Å²) in [5, 5.41) is 24.0. The summed E-state index contributed by atoms with van der Waals surface area (Å²) in [6.45, 7) is 1.18. The number of carbonyl (C=O) groups excluding carboxylic acids is 1. The van der Waals surface area contributed by atoms with Crippen LogP contribution in [-0.2, 0) is 4.74 Å². The average Bonchev–Trinajstić information content (AvgIpc) is 3.46. The van der Waals surface area contributed by atoms with E-state index in [4.69, 9.17) is 16.3 Å². The molecule has 1 unspecified atom stereocenters. The van der Waals surface area contributed by atoms with E-state index < -0.39 is 23.8 Å². The van der Waals surface area contributed by atoms with Crippen molar-refractivity contribution in [1.82, 2.24) is 20.4 Å². The molecule has 3 atom stereocenters. The summed E-state index contributed by atoms with van der Waals surface area (Å²) >= 11 is 6.71. The molecule has 1 saturated heterocycles. The first-order valence-corrected chi connectivity index (χ1v) is 13.0. The van der Waals surface area contributed by atoms with E-state index in [1.54, 1.807) is 4.68 Å². The Kier molecular flexibility index (Phi) is 7.94. The molecular weight excluding hydrogens is 516 g/mol. The predicted molar refractivity (Wildman–Crippen MR) is 140 cm³/mol. The fourth-order valence-corrected chi connectivity index (χ4v) is 5.49. The summed E-state index contributed by atoms with van der Waals surface area (Å²) in [4.78, 5) is 13.2. The monoisotopic (exact) mass is 545 g/mol. The van der Waals surface area contributed by atoms with Crippen molar-refractivity contribution >= 4 is 23.4 Å². The van der Waals surface area contributed by atoms with Crippen molar-refractivity contribution in [2.75, 3.05) is 25.5 Å². The fourth-order valence-electron chi connectivity index (χ4n) is 5.17. The van der Waals surface area contributed by atoms with Crippen LogP contribution in [0, 0.1) is 17.6 Å². The molecule has 2 aliphatic rings. The van der Waals surface area contributed by atoms with Gasteiger partial charge in [0.1, 0.15) is 5.02 Å². The van der Waals surface area contributed by atoms with Crippen molar-refractivity contribution < 1.29 is 23.4 Å². The average molecular weight is 546 g/mol. The first-order valence-electron chi connectivity index (χ1n) is 12.6. The zero-order chi connectivity index (χ0) is 26.8. The SMILES string of the molecule is COC(C[C@@H]1CNC[C@H]1NC(=O)Nc1c(Cl)c(C2CC(O)C2)nn1-c1ccccc1)c1ccc(F)c(F)c1. The highest BCUT2D eigenvalue weighted by Gasteiger charge is 2.35. The number of rotatable bonds is 8. The number of methoxy groups -OCH3 is 1. The minimum atomic E-state index is -0.925. The molecule has 2 amide bonds. The molecule has 8 nitrogen and oxygen atoms in total. The third-order valence-electron chi connectivity index (χ3n) is 7.36. The van der Waals surface area contributed by atoms with Gasteiger partial charge in [-0.05, 0) is 55.0 Å². The van der Waals surface area contributed by atoms with Crippen LogP contribution < -0.4 is 16.0 Å². The molecule has 11 heteroatoms. The number of nitrogens with zero attached hydrogens (tertiary/aromatic N) is 2. The molecule has 0 bridgehead atoms. The van der Waals surface area contributed by atoms with Crippen LogP contribution in [0.4, 0.5) is 19.4 Å². The molecule has 3 aromatic rings. The van der Waals surface area contributed by atoms with Crippen molar-refractivity contribution in [3.05, 3.63) is 76.4 Å². The number of benzene rings is 2. The van der Waals surface area contributed by atoms with Crippen molar-refractivity contribution in [2.45, 2.75) is 43.4 Å². The van der Waals surface area contributed by atoms with Crippen LogP contribution in [0.2, 0.25) is 5.02 Å². The predicted octanol–water partition coefficient (Wildman–Crippen LogP) is 4.53. The van der Waals surface area contributed by atoms with Gasteiger partial charge in [-0.15, -0.1) is 0 Å². The summed E-state index contributed by atoms with van der Waals surface area (Å²) in [7, 11) is 1.52. The minimum absolute atomic E-state index is 0.0136. The third kappa shape index (κ3) is 5.54. The Bertz CT molecular complexity index is 1290. The summed E-state index contributed by atoms with van der Waals surface area (Å²) < 4.78 is 34.4. The highest BCUT2D eigenvalue weighted by Crippen LogP contribution is 2.42. The number of halogens is 3. The van der Waals surface area contributed by atoms with Gasteiger partial charge in [0.25, 0.3) is 0 Å². The van der Waals surface area contributed by atoms with E-state index in [0.29, 0.717) is 54.4 Å². The number of amides is 2. The van der Waals surface area contributed by atoms with Crippen LogP contribution >= 0.6 is 11.6 Å². The van der Waals surface area contributed by atoms with Crippen molar-refractivity contribution in [2.24, 2.45) is 5.92 Å². The molecule has 5 rings (SSSR count). The Labute approximate surface area is 224 Å². The molecule has 0 radical (unpaired) electrons. The molecule has 1 saturated carbocycles. The van der Waals surface area contributed by atoms with Crippen LogP contribution in [0.3, 0.4) is 0 Å². The first-order chi connectivity index (χ1) is 18.3. The molecule has 1 aromatic heterocycles. The highest BCUT2D eigenvalue weighted by atomic mass is 35.5. The van der Waals surface area contributed by atoms with E-state index in [9.17, 15) is 18.7 Å². The number of anilines is 1. The lowest BCUT2D eigenvalue weighted by molar-refractivity contribution is 0.0731. The maximum absolute atomic E-state index is 13.8. The number of hydrogen-bond donors (Lipinski definition) is 4. The Balaban J connectivity index is 1.30. The maximum atomic E-state index is 13.8. The van der Waals surface area contributed by atoms with Gasteiger partial charge in [-0.3, -0.25) is 5.32 Å². The molecule has 2 heterocycles. The Morgan fingerprint density at radius 1 is 1.21 bits per heavy atom. The summed E-state index contributed by atoms with van der Waals surface area (Å²) in [6, 6.07) is 12.4. The highest BCUT2D eigenvalue weighted by molar-refractivity contribution is 6.34. The standard InChI is InChI=1S/C27H30ClF2N5O3/c1-38-23(15-7-8-20(29)21(30)11-15)12-17-13-31-14-22(17)32-27(37)33-26-24(28)25(16-9-19(36)10-16)34-35(26)18-5-3-2-4-6-18/h2-8,11,16-17,19,22-23,31,36H,9-10,12-14H2,1H3,(H2,32,33,37)/t16?,17-,19?,22-,23?/m1/s1. The molecule has 1 aliphatic heterocycles. The van der Waals surface area contributed by atoms with E-state index >= 15 is 0 Å². The molecule has 202 valence electrons. The number of aliphatic hydroxyl groups is 1. The molecule has 0 spiro atoms. The van der Waals surface area contributed by atoms with Crippen molar-refractivity contribution in [3.63, 3.8) is 0 Å². The van der Waals surface area contributed by atoms with Gasteiger partial charge in [-0.2, -0.15) is 5.10 Å². The van der Waals surface area contributed by atoms with Crippen LogP contribution in [0.1, 0.15) is 42.5 Å². The number of carbonyl (C=O) groups is 1. The number of ether oxygens (including phenoxy) is 1. The largest absolute Gasteiger partial charge is 0.393 e. The zero-order valence-corrected chi connectivity index (χ0v) is 21.6. The molecule has 1 aliphatic carbocycles. The minimum Gasteiger partial charge on any atom is -0.393 e. The Morgan fingerprint density at radius 3 is 2.66 bits per heavy atom. The van der Waals surface area contributed by atoms with Crippen molar-refractivity contribution in [1.29, 1.82) is 0 Å². The quantitative estimate of drug-likeness (QED) is 0.333. The summed E-state index contributed by atoms with van der Waals surface area (Å²) in [5.41, 5.74) is 1.92. The smallest absolute Gasteiger partial charge is 0.320 e. The fraction of sp³-hybridized carbons (Fsp3) is 0.407. The number of urea groups is 1. The second-order valence-corrected chi connectivity index (χ2v) is 10.3. The van der Waals surface area contributed by atoms with Gasteiger partial charge in [-0.1, -0.05) is 35.9 Å². The van der Waals surface area contributed by atoms with Gasteiger partial charge in [0.2, 0.25) is 0 Å². The number of hydrogen-bond acceptors (Lipinski definition) is 5. The Morgan fingerprint density at radius 2 is 1.97 bits per heavy atom. The summed E-state index contributed by atoms with van der Waals surface area (Å²) in [5.74, 6) is -1.47. The number of aromatic nitrogens is 2. The van der Waals surface area contributed by atoms with Gasteiger partial charge in [0.15, 0.2) is 17.5 Å². The molecule has 4 N–H and O–H groups in total. The lowest BCUT2D eigenvalue weighted by atomic mass is 9.80. The molecule has 38 heavy (non-hydrogen) atoms. The van der Waals surface area contributed by atoms with E-state index in [0.717, 1.165) is 17.8 Å². The lowest BCUT2D eigenvalue weighted by Gasteiger charge is -2.30. The number of nitrogens with one attached hydrogen (secondary N) is 3. The normalized spacial score (nSPS) is 23.6. The Hall–Kier alpha value is -3.05. The molecular formula is C27H30ClF2N5O3. The number of aliphatic hydroxyl groups excluding tert-OH is 1. The van der Waals surface area contributed by atoms with Gasteiger partial charge in [0, 0.05) is 32.2 Å². The van der Waals surface area contributed by atoms with Crippen LogP contribution in [0.25, 0.3) is 5.69 Å². The van der Waals surface area contributed by atoms with E-state index in [2.05, 4.69) is 21.0 Å². The second-order valence-electron chi connectivity index (χ2n) is 9.87.